The van der Waals surface area contributed by atoms with E-state index in [0.717, 1.165) is 32.1 Å². The van der Waals surface area contributed by atoms with Gasteiger partial charge in [-0.15, -0.1) is 0 Å². The average Bonchev–Trinajstić information content (AvgIpc) is 2.30. The quantitative estimate of drug-likeness (QED) is 0.735. The molecule has 1 saturated carbocycles. The Labute approximate surface area is 119 Å². The molecule has 3 heteroatoms. The number of ether oxygens (including phenoxy) is 2. The van der Waals surface area contributed by atoms with Crippen molar-refractivity contribution in [3.05, 3.63) is 0 Å². The van der Waals surface area contributed by atoms with Gasteiger partial charge in [0.05, 0.1) is 25.4 Å². The lowest BCUT2D eigenvalue weighted by atomic mass is 9.71. The zero-order valence-corrected chi connectivity index (χ0v) is 13.5. The molecular formula is C16H33NO2. The molecule has 0 aromatic carbocycles. The number of nitrogens with one attached hydrogen (secondary N) is 1. The molecule has 3 atom stereocenters. The van der Waals surface area contributed by atoms with E-state index in [1.165, 1.54) is 19.3 Å². The molecule has 1 rings (SSSR count). The molecule has 3 unspecified atom stereocenters. The third kappa shape index (κ3) is 6.73. The highest BCUT2D eigenvalue weighted by atomic mass is 16.5. The predicted molar refractivity (Wildman–Crippen MR) is 80.5 cm³/mol. The lowest BCUT2D eigenvalue weighted by Gasteiger charge is -2.39. The minimum atomic E-state index is 0.324. The van der Waals surface area contributed by atoms with Crippen LogP contribution in [0.3, 0.4) is 0 Å². The molecule has 0 amide bonds. The van der Waals surface area contributed by atoms with Crippen LogP contribution in [0, 0.1) is 11.3 Å². The van der Waals surface area contributed by atoms with Crippen molar-refractivity contribution in [2.45, 2.75) is 65.5 Å². The zero-order chi connectivity index (χ0) is 14.3. The number of methoxy groups -OCH3 is 1. The Kier molecular flexibility index (Phi) is 7.33. The van der Waals surface area contributed by atoms with Crippen LogP contribution in [0.2, 0.25) is 0 Å². The van der Waals surface area contributed by atoms with Gasteiger partial charge in [-0.1, -0.05) is 27.7 Å². The summed E-state index contributed by atoms with van der Waals surface area (Å²) in [5.41, 5.74) is 0.427. The van der Waals surface area contributed by atoms with E-state index in [1.807, 2.05) is 0 Å². The molecule has 0 radical (unpaired) electrons. The summed E-state index contributed by atoms with van der Waals surface area (Å²) < 4.78 is 11.4. The Morgan fingerprint density at radius 3 is 2.58 bits per heavy atom. The summed E-state index contributed by atoms with van der Waals surface area (Å²) in [5, 5.41) is 3.49. The SMILES string of the molecule is CCCNC(COC)COC1CC(C)CC(C)(C)C1. The molecule has 0 aromatic rings. The predicted octanol–water partition coefficient (Wildman–Crippen LogP) is 3.23. The summed E-state index contributed by atoms with van der Waals surface area (Å²) in [6, 6.07) is 0.324. The van der Waals surface area contributed by atoms with Crippen LogP contribution in [0.4, 0.5) is 0 Å². The van der Waals surface area contributed by atoms with Crippen molar-refractivity contribution in [2.24, 2.45) is 11.3 Å². The average molecular weight is 271 g/mol. The zero-order valence-electron chi connectivity index (χ0n) is 13.5. The fourth-order valence-electron chi connectivity index (χ4n) is 3.35. The highest BCUT2D eigenvalue weighted by Gasteiger charge is 2.32. The maximum atomic E-state index is 6.16. The maximum Gasteiger partial charge on any atom is 0.0645 e. The summed E-state index contributed by atoms with van der Waals surface area (Å²) in [6.45, 7) is 11.8. The molecule has 3 nitrogen and oxygen atoms in total. The lowest BCUT2D eigenvalue weighted by Crippen LogP contribution is -2.41. The van der Waals surface area contributed by atoms with Crippen LogP contribution in [0.5, 0.6) is 0 Å². The van der Waals surface area contributed by atoms with E-state index in [0.29, 0.717) is 17.6 Å². The van der Waals surface area contributed by atoms with Crippen molar-refractivity contribution in [1.82, 2.24) is 5.32 Å². The third-order valence-electron chi connectivity index (χ3n) is 3.93. The topological polar surface area (TPSA) is 30.5 Å². The van der Waals surface area contributed by atoms with E-state index < -0.39 is 0 Å². The Morgan fingerprint density at radius 1 is 1.26 bits per heavy atom. The van der Waals surface area contributed by atoms with Crippen LogP contribution in [0.1, 0.15) is 53.4 Å². The van der Waals surface area contributed by atoms with Gasteiger partial charge < -0.3 is 14.8 Å². The highest BCUT2D eigenvalue weighted by Crippen LogP contribution is 2.39. The Hall–Kier alpha value is -0.120. The van der Waals surface area contributed by atoms with Crippen molar-refractivity contribution in [1.29, 1.82) is 0 Å². The second-order valence-corrected chi connectivity index (χ2v) is 6.98. The summed E-state index contributed by atoms with van der Waals surface area (Å²) >= 11 is 0. The number of hydrogen-bond donors (Lipinski definition) is 1. The minimum absolute atomic E-state index is 0.324. The van der Waals surface area contributed by atoms with E-state index in [4.69, 9.17) is 9.47 Å². The third-order valence-corrected chi connectivity index (χ3v) is 3.93. The van der Waals surface area contributed by atoms with Gasteiger partial charge in [0.1, 0.15) is 0 Å². The Bertz CT molecular complexity index is 243. The molecular weight excluding hydrogens is 238 g/mol. The van der Waals surface area contributed by atoms with Gasteiger partial charge in [-0.05, 0) is 43.6 Å². The van der Waals surface area contributed by atoms with Crippen molar-refractivity contribution in [3.63, 3.8) is 0 Å². The van der Waals surface area contributed by atoms with Crippen LogP contribution >= 0.6 is 0 Å². The Balaban J connectivity index is 2.35. The molecule has 19 heavy (non-hydrogen) atoms. The fraction of sp³-hybridized carbons (Fsp3) is 1.00. The van der Waals surface area contributed by atoms with E-state index >= 15 is 0 Å². The minimum Gasteiger partial charge on any atom is -0.383 e. The standard InChI is InChI=1S/C16H33NO2/c1-6-7-17-14(11-18-5)12-19-15-8-13(2)9-16(3,4)10-15/h13-15,17H,6-12H2,1-5H3. The first-order valence-corrected chi connectivity index (χ1v) is 7.80. The van der Waals surface area contributed by atoms with Gasteiger partial charge in [-0.3, -0.25) is 0 Å². The van der Waals surface area contributed by atoms with Crippen LogP contribution in [-0.2, 0) is 9.47 Å². The van der Waals surface area contributed by atoms with Crippen LogP contribution in [0.15, 0.2) is 0 Å². The van der Waals surface area contributed by atoms with Gasteiger partial charge >= 0.3 is 0 Å². The monoisotopic (exact) mass is 271 g/mol. The fourth-order valence-corrected chi connectivity index (χ4v) is 3.35. The second kappa shape index (κ2) is 8.23. The van der Waals surface area contributed by atoms with Crippen LogP contribution in [0.25, 0.3) is 0 Å². The molecule has 1 N–H and O–H groups in total. The van der Waals surface area contributed by atoms with Crippen molar-refractivity contribution in [3.8, 4) is 0 Å². The summed E-state index contributed by atoms with van der Waals surface area (Å²) in [4.78, 5) is 0. The first kappa shape index (κ1) is 16.9. The molecule has 114 valence electrons. The van der Waals surface area contributed by atoms with Crippen LogP contribution < -0.4 is 5.32 Å². The summed E-state index contributed by atoms with van der Waals surface area (Å²) in [6.07, 6.45) is 5.28. The van der Waals surface area contributed by atoms with E-state index in [2.05, 4.69) is 33.0 Å². The van der Waals surface area contributed by atoms with Gasteiger partial charge in [0.2, 0.25) is 0 Å². The molecule has 0 bridgehead atoms. The molecule has 1 aliphatic carbocycles. The highest BCUT2D eigenvalue weighted by molar-refractivity contribution is 4.83. The van der Waals surface area contributed by atoms with Gasteiger partial charge in [0.15, 0.2) is 0 Å². The van der Waals surface area contributed by atoms with E-state index in [9.17, 15) is 0 Å². The molecule has 0 spiro atoms. The summed E-state index contributed by atoms with van der Waals surface area (Å²) in [7, 11) is 1.76. The van der Waals surface area contributed by atoms with E-state index in [1.54, 1.807) is 7.11 Å². The van der Waals surface area contributed by atoms with Gasteiger partial charge in [0, 0.05) is 7.11 Å². The molecule has 1 aliphatic rings. The maximum absolute atomic E-state index is 6.16. The molecule has 0 aromatic heterocycles. The number of hydrogen-bond acceptors (Lipinski definition) is 3. The molecule has 0 saturated heterocycles. The normalized spacial score (nSPS) is 28.3. The number of rotatable bonds is 8. The van der Waals surface area contributed by atoms with Crippen molar-refractivity contribution >= 4 is 0 Å². The first-order valence-electron chi connectivity index (χ1n) is 7.80. The molecule has 0 heterocycles. The smallest absolute Gasteiger partial charge is 0.0645 e. The van der Waals surface area contributed by atoms with Gasteiger partial charge in [-0.25, -0.2) is 0 Å². The lowest BCUT2D eigenvalue weighted by molar-refractivity contribution is -0.0372. The van der Waals surface area contributed by atoms with Crippen molar-refractivity contribution in [2.75, 3.05) is 26.9 Å². The van der Waals surface area contributed by atoms with Gasteiger partial charge in [-0.2, -0.15) is 0 Å². The largest absolute Gasteiger partial charge is 0.383 e. The van der Waals surface area contributed by atoms with E-state index in [-0.39, 0.29) is 0 Å². The summed E-state index contributed by atoms with van der Waals surface area (Å²) in [5.74, 6) is 0.776. The van der Waals surface area contributed by atoms with Crippen molar-refractivity contribution < 1.29 is 9.47 Å². The molecule has 0 aliphatic heterocycles. The first-order chi connectivity index (χ1) is 8.96. The van der Waals surface area contributed by atoms with Gasteiger partial charge in [0.25, 0.3) is 0 Å². The van der Waals surface area contributed by atoms with Crippen LogP contribution in [-0.4, -0.2) is 39.0 Å². The Morgan fingerprint density at radius 2 is 2.00 bits per heavy atom. The molecule has 1 fully saturated rings. The second-order valence-electron chi connectivity index (χ2n) is 6.98.